The Balaban J connectivity index is 1.93. The van der Waals surface area contributed by atoms with E-state index in [-0.39, 0.29) is 29.8 Å². The Kier molecular flexibility index (Phi) is 7.76. The van der Waals surface area contributed by atoms with Gasteiger partial charge in [-0.1, -0.05) is 6.92 Å². The van der Waals surface area contributed by atoms with E-state index in [4.69, 9.17) is 0 Å². The molecule has 2 N–H and O–H groups in total. The summed E-state index contributed by atoms with van der Waals surface area (Å²) in [4.78, 5) is 25.3. The monoisotopic (exact) mass is 396 g/mol. The number of sulfonamides is 1. The number of piperazine rings is 1. The number of hydrogen-bond acceptors (Lipinski definition) is 5. The number of nitrogens with one attached hydrogen (secondary N) is 2. The molecule has 1 saturated heterocycles. The van der Waals surface area contributed by atoms with Crippen molar-refractivity contribution in [3.8, 4) is 0 Å². The van der Waals surface area contributed by atoms with Crippen molar-refractivity contribution in [2.75, 3.05) is 45.8 Å². The van der Waals surface area contributed by atoms with Crippen molar-refractivity contribution in [3.63, 3.8) is 0 Å². The van der Waals surface area contributed by atoms with Crippen molar-refractivity contribution in [1.82, 2.24) is 19.8 Å². The highest BCUT2D eigenvalue weighted by Crippen LogP contribution is 2.18. The van der Waals surface area contributed by atoms with Gasteiger partial charge >= 0.3 is 0 Å². The fourth-order valence-corrected chi connectivity index (χ4v) is 4.26. The molecule has 0 spiro atoms. The molecule has 0 radical (unpaired) electrons. The van der Waals surface area contributed by atoms with E-state index >= 15 is 0 Å². The minimum Gasteiger partial charge on any atom is -0.351 e. The molecular formula is C18H28N4O4S. The highest BCUT2D eigenvalue weighted by atomic mass is 32.2. The SMILES string of the molecule is CCCNCCNC(=O)c1ccc(S(=O)(=O)N2CCN(C(C)=O)CC2)cc1. The molecule has 1 aromatic carbocycles. The van der Waals surface area contributed by atoms with Crippen LogP contribution in [0.4, 0.5) is 0 Å². The lowest BCUT2D eigenvalue weighted by molar-refractivity contribution is -0.129. The number of benzene rings is 1. The van der Waals surface area contributed by atoms with Crippen molar-refractivity contribution in [3.05, 3.63) is 29.8 Å². The van der Waals surface area contributed by atoms with Crippen molar-refractivity contribution < 1.29 is 18.0 Å². The molecular weight excluding hydrogens is 368 g/mol. The van der Waals surface area contributed by atoms with Crippen LogP contribution in [0.25, 0.3) is 0 Å². The Morgan fingerprint density at radius 1 is 1.00 bits per heavy atom. The Hall–Kier alpha value is -1.97. The van der Waals surface area contributed by atoms with Crippen molar-refractivity contribution in [2.45, 2.75) is 25.2 Å². The van der Waals surface area contributed by atoms with Gasteiger partial charge in [0.15, 0.2) is 0 Å². The van der Waals surface area contributed by atoms with Gasteiger partial charge < -0.3 is 15.5 Å². The van der Waals surface area contributed by atoms with Gasteiger partial charge in [-0.05, 0) is 37.2 Å². The van der Waals surface area contributed by atoms with E-state index < -0.39 is 10.0 Å². The van der Waals surface area contributed by atoms with Crippen LogP contribution in [0.2, 0.25) is 0 Å². The van der Waals surface area contributed by atoms with Crippen LogP contribution in [0, 0.1) is 0 Å². The van der Waals surface area contributed by atoms with Gasteiger partial charge in [-0.3, -0.25) is 9.59 Å². The molecule has 0 aliphatic carbocycles. The van der Waals surface area contributed by atoms with Gasteiger partial charge in [-0.15, -0.1) is 0 Å². The van der Waals surface area contributed by atoms with E-state index in [9.17, 15) is 18.0 Å². The number of rotatable bonds is 8. The van der Waals surface area contributed by atoms with Crippen LogP contribution >= 0.6 is 0 Å². The lowest BCUT2D eigenvalue weighted by Gasteiger charge is -2.33. The highest BCUT2D eigenvalue weighted by Gasteiger charge is 2.29. The molecule has 0 unspecified atom stereocenters. The molecule has 0 aromatic heterocycles. The molecule has 1 fully saturated rings. The molecule has 1 heterocycles. The third-order valence-corrected chi connectivity index (χ3v) is 6.37. The zero-order valence-corrected chi connectivity index (χ0v) is 16.7. The molecule has 0 atom stereocenters. The average molecular weight is 397 g/mol. The van der Waals surface area contributed by atoms with E-state index in [1.165, 1.54) is 35.5 Å². The molecule has 1 aliphatic rings. The Labute approximate surface area is 161 Å². The summed E-state index contributed by atoms with van der Waals surface area (Å²) in [6, 6.07) is 5.95. The fraction of sp³-hybridized carbons (Fsp3) is 0.556. The third kappa shape index (κ3) is 5.75. The predicted octanol–water partition coefficient (Wildman–Crippen LogP) is 0.269. The smallest absolute Gasteiger partial charge is 0.251 e. The topological polar surface area (TPSA) is 98.8 Å². The Bertz CT molecular complexity index is 741. The summed E-state index contributed by atoms with van der Waals surface area (Å²) < 4.78 is 26.8. The second kappa shape index (κ2) is 9.82. The zero-order chi connectivity index (χ0) is 19.9. The summed E-state index contributed by atoms with van der Waals surface area (Å²) in [6.45, 7) is 6.99. The lowest BCUT2D eigenvalue weighted by atomic mass is 10.2. The molecule has 150 valence electrons. The minimum absolute atomic E-state index is 0.0488. The zero-order valence-electron chi connectivity index (χ0n) is 15.9. The van der Waals surface area contributed by atoms with E-state index in [0.29, 0.717) is 31.7 Å². The van der Waals surface area contributed by atoms with E-state index in [1.54, 1.807) is 4.90 Å². The largest absolute Gasteiger partial charge is 0.351 e. The van der Waals surface area contributed by atoms with Gasteiger partial charge in [0.1, 0.15) is 0 Å². The van der Waals surface area contributed by atoms with Crippen molar-refractivity contribution in [2.24, 2.45) is 0 Å². The first kappa shape index (κ1) is 21.3. The van der Waals surface area contributed by atoms with Crippen LogP contribution in [0.5, 0.6) is 0 Å². The summed E-state index contributed by atoms with van der Waals surface area (Å²) in [6.07, 6.45) is 1.04. The maximum atomic E-state index is 12.7. The number of amides is 2. The third-order valence-electron chi connectivity index (χ3n) is 4.45. The van der Waals surface area contributed by atoms with Crippen LogP contribution in [-0.2, 0) is 14.8 Å². The summed E-state index contributed by atoms with van der Waals surface area (Å²) in [7, 11) is -3.63. The molecule has 9 heteroatoms. The molecule has 1 aliphatic heterocycles. The molecule has 8 nitrogen and oxygen atoms in total. The summed E-state index contributed by atoms with van der Waals surface area (Å²) >= 11 is 0. The normalized spacial score (nSPS) is 15.6. The quantitative estimate of drug-likeness (QED) is 0.615. The molecule has 2 amide bonds. The van der Waals surface area contributed by atoms with Crippen molar-refractivity contribution in [1.29, 1.82) is 0 Å². The first-order valence-corrected chi connectivity index (χ1v) is 10.6. The fourth-order valence-electron chi connectivity index (χ4n) is 2.84. The van der Waals surface area contributed by atoms with Crippen LogP contribution in [0.1, 0.15) is 30.6 Å². The lowest BCUT2D eigenvalue weighted by Crippen LogP contribution is -2.49. The second-order valence-corrected chi connectivity index (χ2v) is 8.38. The minimum atomic E-state index is -3.63. The Morgan fingerprint density at radius 2 is 1.63 bits per heavy atom. The van der Waals surface area contributed by atoms with E-state index in [2.05, 4.69) is 17.6 Å². The van der Waals surface area contributed by atoms with Gasteiger partial charge in [-0.2, -0.15) is 4.31 Å². The predicted molar refractivity (Wildman–Crippen MR) is 103 cm³/mol. The van der Waals surface area contributed by atoms with Gasteiger partial charge in [0, 0.05) is 51.8 Å². The first-order valence-electron chi connectivity index (χ1n) is 9.21. The van der Waals surface area contributed by atoms with Gasteiger partial charge in [-0.25, -0.2) is 8.42 Å². The van der Waals surface area contributed by atoms with Crippen LogP contribution in [0.3, 0.4) is 0 Å². The highest BCUT2D eigenvalue weighted by molar-refractivity contribution is 7.89. The number of nitrogens with zero attached hydrogens (tertiary/aromatic N) is 2. The molecule has 0 saturated carbocycles. The summed E-state index contributed by atoms with van der Waals surface area (Å²) in [5, 5.41) is 5.99. The second-order valence-electron chi connectivity index (χ2n) is 6.44. The molecule has 2 rings (SSSR count). The van der Waals surface area contributed by atoms with Gasteiger partial charge in [0.05, 0.1) is 4.90 Å². The first-order chi connectivity index (χ1) is 12.9. The molecule has 1 aromatic rings. The maximum absolute atomic E-state index is 12.7. The van der Waals surface area contributed by atoms with E-state index in [1.807, 2.05) is 0 Å². The molecule has 27 heavy (non-hydrogen) atoms. The number of carbonyl (C=O) groups excluding carboxylic acids is 2. The van der Waals surface area contributed by atoms with Gasteiger partial charge in [0.2, 0.25) is 15.9 Å². The standard InChI is InChI=1S/C18H28N4O4S/c1-3-8-19-9-10-20-18(24)16-4-6-17(7-5-16)27(25,26)22-13-11-21(12-14-22)15(2)23/h4-7,19H,3,8-14H2,1-2H3,(H,20,24). The average Bonchev–Trinajstić information content (AvgIpc) is 2.67. The van der Waals surface area contributed by atoms with E-state index in [0.717, 1.165) is 13.0 Å². The van der Waals surface area contributed by atoms with Gasteiger partial charge in [0.25, 0.3) is 5.91 Å². The van der Waals surface area contributed by atoms with Crippen LogP contribution < -0.4 is 10.6 Å². The molecule has 0 bridgehead atoms. The number of hydrogen-bond donors (Lipinski definition) is 2. The van der Waals surface area contributed by atoms with Crippen LogP contribution in [-0.4, -0.2) is 75.3 Å². The van der Waals surface area contributed by atoms with Crippen molar-refractivity contribution >= 4 is 21.8 Å². The summed E-state index contributed by atoms with van der Waals surface area (Å²) in [5.41, 5.74) is 0.422. The summed E-state index contributed by atoms with van der Waals surface area (Å²) in [5.74, 6) is -0.278. The maximum Gasteiger partial charge on any atom is 0.251 e. The van der Waals surface area contributed by atoms with Crippen LogP contribution in [0.15, 0.2) is 29.2 Å². The number of carbonyl (C=O) groups is 2. The Morgan fingerprint density at radius 3 is 2.19 bits per heavy atom.